The highest BCUT2D eigenvalue weighted by atomic mass is 15.1. The van der Waals surface area contributed by atoms with E-state index in [9.17, 15) is 0 Å². The van der Waals surface area contributed by atoms with Crippen molar-refractivity contribution in [3.05, 3.63) is 291 Å². The highest BCUT2D eigenvalue weighted by Crippen LogP contribution is 2.44. The number of para-hydroxylation sites is 1. The van der Waals surface area contributed by atoms with Gasteiger partial charge in [-0.2, -0.15) is 0 Å². The first-order valence-electron chi connectivity index (χ1n) is 25.5. The van der Waals surface area contributed by atoms with E-state index in [-0.39, 0.29) is 0 Å². The van der Waals surface area contributed by atoms with Crippen molar-refractivity contribution in [1.82, 2.24) is 4.57 Å². The summed E-state index contributed by atoms with van der Waals surface area (Å²) < 4.78 is 2.45. The fraction of sp³-hybridized carbons (Fsp3) is 0. The smallest absolute Gasteiger partial charge is 0.0619 e. The van der Waals surface area contributed by atoms with Crippen LogP contribution in [0.1, 0.15) is 0 Å². The SMILES string of the molecule is c1ccc(-c2ccccc2-c2ccccc2-c2ccc(N(c3ccc(-c4ccc5c6ccc7ccccc7c6n(-c6ccccc6)c5c4)cc3)c3ccc(-c4cc5ccccc5c5ccccc45)cc3)cc2)cc1. The van der Waals surface area contributed by atoms with E-state index in [4.69, 9.17) is 0 Å². The van der Waals surface area contributed by atoms with Crippen molar-refractivity contribution in [2.24, 2.45) is 0 Å². The molecule has 0 radical (unpaired) electrons. The van der Waals surface area contributed by atoms with Gasteiger partial charge in [0.15, 0.2) is 0 Å². The monoisotopic (exact) mass is 940 g/mol. The molecule has 0 bridgehead atoms. The number of fused-ring (bicyclic) bond motifs is 8. The second-order valence-electron chi connectivity index (χ2n) is 19.2. The molecule has 0 aliphatic heterocycles. The summed E-state index contributed by atoms with van der Waals surface area (Å²) in [4.78, 5) is 2.38. The van der Waals surface area contributed by atoms with Gasteiger partial charge >= 0.3 is 0 Å². The molecule has 0 saturated heterocycles. The van der Waals surface area contributed by atoms with Crippen LogP contribution in [-0.2, 0) is 0 Å². The van der Waals surface area contributed by atoms with Gasteiger partial charge in [-0.05, 0) is 143 Å². The number of rotatable bonds is 9. The van der Waals surface area contributed by atoms with Gasteiger partial charge in [0.2, 0.25) is 0 Å². The third-order valence-corrected chi connectivity index (χ3v) is 15.0. The number of aromatic nitrogens is 1. The third-order valence-electron chi connectivity index (χ3n) is 15.0. The molecule has 1 heterocycles. The molecule has 14 aromatic rings. The molecule has 1 aromatic heterocycles. The molecular weight excluding hydrogens is 893 g/mol. The van der Waals surface area contributed by atoms with Crippen LogP contribution in [0.2, 0.25) is 0 Å². The Hall–Kier alpha value is -9.76. The zero-order valence-electron chi connectivity index (χ0n) is 40.6. The van der Waals surface area contributed by atoms with Gasteiger partial charge in [-0.25, -0.2) is 0 Å². The van der Waals surface area contributed by atoms with E-state index in [1.165, 1.54) is 98.6 Å². The molecule has 2 nitrogen and oxygen atoms in total. The van der Waals surface area contributed by atoms with E-state index in [0.29, 0.717) is 0 Å². The van der Waals surface area contributed by atoms with Gasteiger partial charge < -0.3 is 9.47 Å². The Morgan fingerprint density at radius 3 is 1.31 bits per heavy atom. The van der Waals surface area contributed by atoms with Crippen LogP contribution in [0.15, 0.2) is 291 Å². The standard InChI is InChI=1S/C72H48N2/c1-3-17-50(18-4-1)60-23-11-13-27-64(60)65-28-14-12-24-61(65)52-33-41-58(42-34-52)73(59-43-35-53(36-44-59)70-47-55-20-8-9-25-62(55)66-29-15-16-30-67(66)70)57-39-31-49(32-40-57)54-38-45-68-69-46-37-51-19-7-10-26-63(51)72(69)74(71(68)48-54)56-21-5-2-6-22-56/h1-48H. The number of anilines is 3. The lowest BCUT2D eigenvalue weighted by atomic mass is 9.89. The lowest BCUT2D eigenvalue weighted by Crippen LogP contribution is -2.09. The zero-order chi connectivity index (χ0) is 49.0. The van der Waals surface area contributed by atoms with Crippen LogP contribution in [0.4, 0.5) is 17.1 Å². The summed E-state index contributed by atoms with van der Waals surface area (Å²) in [5.74, 6) is 0. The molecule has 0 saturated carbocycles. The molecule has 0 aliphatic rings. The highest BCUT2D eigenvalue weighted by molar-refractivity contribution is 6.19. The van der Waals surface area contributed by atoms with Gasteiger partial charge in [-0.1, -0.05) is 231 Å². The Morgan fingerprint density at radius 2 is 0.676 bits per heavy atom. The van der Waals surface area contributed by atoms with E-state index in [2.05, 4.69) is 301 Å². The average Bonchev–Trinajstić information content (AvgIpc) is 3.82. The van der Waals surface area contributed by atoms with Crippen LogP contribution in [0.25, 0.3) is 115 Å². The average molecular weight is 941 g/mol. The molecule has 0 spiro atoms. The van der Waals surface area contributed by atoms with Crippen LogP contribution >= 0.6 is 0 Å². The molecule has 0 fully saturated rings. The van der Waals surface area contributed by atoms with Crippen LogP contribution in [0.3, 0.4) is 0 Å². The maximum Gasteiger partial charge on any atom is 0.0619 e. The van der Waals surface area contributed by atoms with Gasteiger partial charge in [-0.3, -0.25) is 0 Å². The van der Waals surface area contributed by atoms with E-state index >= 15 is 0 Å². The molecule has 0 N–H and O–H groups in total. The number of nitrogens with zero attached hydrogens (tertiary/aromatic N) is 2. The first kappa shape index (κ1) is 43.1. The normalized spacial score (nSPS) is 11.5. The topological polar surface area (TPSA) is 8.17 Å². The first-order chi connectivity index (χ1) is 36.7. The lowest BCUT2D eigenvalue weighted by molar-refractivity contribution is 1.19. The minimum absolute atomic E-state index is 1.08. The Bertz CT molecular complexity index is 4380. The molecule has 0 amide bonds. The van der Waals surface area contributed by atoms with Crippen LogP contribution in [-0.4, -0.2) is 4.57 Å². The van der Waals surface area contributed by atoms with Crippen molar-refractivity contribution in [2.75, 3.05) is 4.90 Å². The number of hydrogen-bond donors (Lipinski definition) is 0. The van der Waals surface area contributed by atoms with Crippen molar-refractivity contribution in [3.8, 4) is 61.3 Å². The summed E-state index contributed by atoms with van der Waals surface area (Å²) >= 11 is 0. The molecule has 13 aromatic carbocycles. The predicted octanol–water partition coefficient (Wildman–Crippen LogP) is 20.0. The Morgan fingerprint density at radius 1 is 0.230 bits per heavy atom. The molecular formula is C72H48N2. The molecule has 14 rings (SSSR count). The van der Waals surface area contributed by atoms with Crippen molar-refractivity contribution >= 4 is 71.2 Å². The van der Waals surface area contributed by atoms with Gasteiger partial charge in [0.25, 0.3) is 0 Å². The lowest BCUT2D eigenvalue weighted by Gasteiger charge is -2.26. The van der Waals surface area contributed by atoms with E-state index in [1.54, 1.807) is 0 Å². The second kappa shape index (κ2) is 18.1. The second-order valence-corrected chi connectivity index (χ2v) is 19.2. The third kappa shape index (κ3) is 7.43. The minimum atomic E-state index is 1.08. The summed E-state index contributed by atoms with van der Waals surface area (Å²) in [6.07, 6.45) is 0. The van der Waals surface area contributed by atoms with Gasteiger partial charge in [0.05, 0.1) is 11.0 Å². The summed E-state index contributed by atoms with van der Waals surface area (Å²) in [6, 6.07) is 106. The maximum absolute atomic E-state index is 2.45. The van der Waals surface area contributed by atoms with Gasteiger partial charge in [0, 0.05) is 38.9 Å². The molecule has 346 valence electrons. The largest absolute Gasteiger partial charge is 0.311 e. The molecule has 2 heteroatoms. The highest BCUT2D eigenvalue weighted by Gasteiger charge is 2.19. The fourth-order valence-corrected chi connectivity index (χ4v) is 11.5. The Balaban J connectivity index is 0.875. The molecule has 74 heavy (non-hydrogen) atoms. The van der Waals surface area contributed by atoms with Crippen molar-refractivity contribution in [1.29, 1.82) is 0 Å². The van der Waals surface area contributed by atoms with E-state index in [0.717, 1.165) is 33.9 Å². The van der Waals surface area contributed by atoms with Gasteiger partial charge in [0.1, 0.15) is 0 Å². The summed E-state index contributed by atoms with van der Waals surface area (Å²) in [7, 11) is 0. The van der Waals surface area contributed by atoms with Gasteiger partial charge in [-0.15, -0.1) is 0 Å². The number of benzene rings is 13. The van der Waals surface area contributed by atoms with Crippen molar-refractivity contribution < 1.29 is 0 Å². The molecule has 0 atom stereocenters. The fourth-order valence-electron chi connectivity index (χ4n) is 11.5. The van der Waals surface area contributed by atoms with Crippen molar-refractivity contribution in [3.63, 3.8) is 0 Å². The minimum Gasteiger partial charge on any atom is -0.311 e. The van der Waals surface area contributed by atoms with Crippen LogP contribution in [0, 0.1) is 0 Å². The molecule has 0 unspecified atom stereocenters. The first-order valence-corrected chi connectivity index (χ1v) is 25.5. The summed E-state index contributed by atoms with van der Waals surface area (Å²) in [5.41, 5.74) is 18.8. The van der Waals surface area contributed by atoms with E-state index in [1.807, 2.05) is 0 Å². The maximum atomic E-state index is 2.45. The zero-order valence-corrected chi connectivity index (χ0v) is 40.6. The van der Waals surface area contributed by atoms with Crippen LogP contribution < -0.4 is 4.90 Å². The summed E-state index contributed by atoms with van der Waals surface area (Å²) in [5, 5.41) is 10.0. The quantitative estimate of drug-likeness (QED) is 0.131. The Kier molecular flexibility index (Phi) is 10.6. The van der Waals surface area contributed by atoms with Crippen molar-refractivity contribution in [2.45, 2.75) is 0 Å². The van der Waals surface area contributed by atoms with E-state index < -0.39 is 0 Å². The predicted molar refractivity (Wildman–Crippen MR) is 315 cm³/mol. The summed E-state index contributed by atoms with van der Waals surface area (Å²) in [6.45, 7) is 0. The van der Waals surface area contributed by atoms with Crippen LogP contribution in [0.5, 0.6) is 0 Å². The Labute approximate surface area is 430 Å². The number of hydrogen-bond acceptors (Lipinski definition) is 1. The molecule has 0 aliphatic carbocycles.